The van der Waals surface area contributed by atoms with Gasteiger partial charge >= 0.3 is 0 Å². The summed E-state index contributed by atoms with van der Waals surface area (Å²) in [7, 11) is 0. The molecule has 0 saturated carbocycles. The Labute approximate surface area is 68.7 Å². The van der Waals surface area contributed by atoms with Gasteiger partial charge in [0.15, 0.2) is 0 Å². The molecular weight excluding hydrogens is 170 g/mol. The first-order chi connectivity index (χ1) is 4.66. The van der Waals surface area contributed by atoms with Crippen molar-refractivity contribution in [2.24, 2.45) is 0 Å². The number of carbonyl (C=O) groups excluding carboxylic acids is 2. The van der Waals surface area contributed by atoms with Crippen LogP contribution < -0.4 is 0 Å². The fraction of sp³-hybridized carbons (Fsp3) is 0.600. The maximum atomic E-state index is 11.0. The highest BCUT2D eigenvalue weighted by Crippen LogP contribution is 2.23. The van der Waals surface area contributed by atoms with Crippen LogP contribution in [-0.4, -0.2) is 27.6 Å². The zero-order valence-electron chi connectivity index (χ0n) is 5.40. The largest absolute Gasteiger partial charge is 0.273 e. The summed E-state index contributed by atoms with van der Waals surface area (Å²) in [5.74, 6) is -0.395. The summed E-state index contributed by atoms with van der Waals surface area (Å²) in [6, 6.07) is 0. The highest BCUT2D eigenvalue weighted by atomic mass is 32.2. The molecule has 0 aromatic heterocycles. The molecule has 1 saturated heterocycles. The summed E-state index contributed by atoms with van der Waals surface area (Å²) in [4.78, 5) is 21.7. The molecule has 0 radical (unpaired) electrons. The van der Waals surface area contributed by atoms with Gasteiger partial charge < -0.3 is 0 Å². The van der Waals surface area contributed by atoms with Crippen molar-refractivity contribution in [2.75, 3.05) is 6.26 Å². The van der Waals surface area contributed by atoms with Crippen LogP contribution in [0.4, 0.5) is 0 Å². The molecule has 1 atom stereocenters. The number of amides is 2. The molecule has 0 aromatic rings. The summed E-state index contributed by atoms with van der Waals surface area (Å²) >= 11 is 5.10. The summed E-state index contributed by atoms with van der Waals surface area (Å²) < 4.78 is 0.890. The lowest BCUT2D eigenvalue weighted by atomic mass is 10.4. The van der Waals surface area contributed by atoms with Gasteiger partial charge in [-0.15, -0.1) is 0 Å². The SMILES string of the molecule is CSC1CC(=O)N(S)C1=O. The maximum Gasteiger partial charge on any atom is 0.252 e. The third-order valence-electron chi connectivity index (χ3n) is 1.36. The Hall–Kier alpha value is -0.160. The molecule has 5 heteroatoms. The molecule has 0 bridgehead atoms. The Kier molecular flexibility index (Phi) is 2.25. The second kappa shape index (κ2) is 2.84. The first-order valence-electron chi connectivity index (χ1n) is 2.75. The van der Waals surface area contributed by atoms with E-state index in [2.05, 4.69) is 12.8 Å². The van der Waals surface area contributed by atoms with Crippen molar-refractivity contribution in [2.45, 2.75) is 11.7 Å². The Morgan fingerprint density at radius 1 is 1.70 bits per heavy atom. The summed E-state index contributed by atoms with van der Waals surface area (Å²) in [6.45, 7) is 0. The van der Waals surface area contributed by atoms with Gasteiger partial charge in [-0.05, 0) is 6.26 Å². The molecule has 0 aromatic carbocycles. The highest BCUT2D eigenvalue weighted by Gasteiger charge is 2.36. The Morgan fingerprint density at radius 3 is 2.50 bits per heavy atom. The fourth-order valence-corrected chi connectivity index (χ4v) is 1.69. The van der Waals surface area contributed by atoms with Crippen LogP contribution in [0.15, 0.2) is 0 Å². The minimum Gasteiger partial charge on any atom is -0.273 e. The number of thiol groups is 1. The molecular formula is C5H7NO2S2. The van der Waals surface area contributed by atoms with E-state index in [4.69, 9.17) is 0 Å². The first-order valence-corrected chi connectivity index (χ1v) is 4.44. The van der Waals surface area contributed by atoms with E-state index in [-0.39, 0.29) is 17.1 Å². The molecule has 1 aliphatic rings. The zero-order chi connectivity index (χ0) is 7.72. The standard InChI is InChI=1S/C5H7NO2S2/c1-10-3-2-4(7)6(9)5(3)8/h3,9H,2H2,1H3. The molecule has 56 valence electrons. The van der Waals surface area contributed by atoms with E-state index in [1.807, 2.05) is 6.26 Å². The van der Waals surface area contributed by atoms with E-state index in [1.165, 1.54) is 11.8 Å². The van der Waals surface area contributed by atoms with E-state index in [1.54, 1.807) is 0 Å². The molecule has 0 aliphatic carbocycles. The van der Waals surface area contributed by atoms with E-state index in [9.17, 15) is 9.59 Å². The van der Waals surface area contributed by atoms with Crippen molar-refractivity contribution >= 4 is 36.4 Å². The van der Waals surface area contributed by atoms with E-state index in [0.29, 0.717) is 6.42 Å². The quantitative estimate of drug-likeness (QED) is 0.463. The van der Waals surface area contributed by atoms with Crippen molar-refractivity contribution in [1.29, 1.82) is 0 Å². The molecule has 0 N–H and O–H groups in total. The third kappa shape index (κ3) is 1.15. The molecule has 10 heavy (non-hydrogen) atoms. The minimum absolute atomic E-state index is 0.194. The second-order valence-corrected chi connectivity index (χ2v) is 3.41. The van der Waals surface area contributed by atoms with Gasteiger partial charge in [0.25, 0.3) is 5.91 Å². The molecule has 3 nitrogen and oxygen atoms in total. The van der Waals surface area contributed by atoms with Gasteiger partial charge in [0, 0.05) is 6.42 Å². The first kappa shape index (κ1) is 7.94. The zero-order valence-corrected chi connectivity index (χ0v) is 7.11. The molecule has 2 amide bonds. The predicted molar refractivity (Wildman–Crippen MR) is 42.8 cm³/mol. The van der Waals surface area contributed by atoms with Crippen LogP contribution in [0, 0.1) is 0 Å². The minimum atomic E-state index is -0.204. The lowest BCUT2D eigenvalue weighted by Gasteiger charge is -2.03. The molecule has 0 spiro atoms. The molecule has 1 heterocycles. The average Bonchev–Trinajstić information content (AvgIpc) is 2.17. The highest BCUT2D eigenvalue weighted by molar-refractivity contribution is 8.00. The number of imide groups is 1. The topological polar surface area (TPSA) is 37.4 Å². The van der Waals surface area contributed by atoms with Gasteiger partial charge in [0.1, 0.15) is 0 Å². The monoisotopic (exact) mass is 177 g/mol. The maximum absolute atomic E-state index is 11.0. The van der Waals surface area contributed by atoms with E-state index >= 15 is 0 Å². The number of nitrogens with zero attached hydrogens (tertiary/aromatic N) is 1. The van der Waals surface area contributed by atoms with Gasteiger partial charge in [0.05, 0.1) is 5.25 Å². The van der Waals surface area contributed by atoms with Crippen LogP contribution in [0.2, 0.25) is 0 Å². The number of thioether (sulfide) groups is 1. The lowest BCUT2D eigenvalue weighted by Crippen LogP contribution is -2.21. The van der Waals surface area contributed by atoms with Gasteiger partial charge in [0.2, 0.25) is 5.91 Å². The normalized spacial score (nSPS) is 26.2. The van der Waals surface area contributed by atoms with Crippen LogP contribution >= 0.6 is 24.6 Å². The van der Waals surface area contributed by atoms with Gasteiger partial charge in [-0.25, -0.2) is 4.31 Å². The molecule has 1 unspecified atom stereocenters. The summed E-state index contributed by atoms with van der Waals surface area (Å²) in [6.07, 6.45) is 2.10. The van der Waals surface area contributed by atoms with Gasteiger partial charge in [-0.1, -0.05) is 12.8 Å². The van der Waals surface area contributed by atoms with Crippen LogP contribution in [0.3, 0.4) is 0 Å². The number of hydrogen-bond acceptors (Lipinski definition) is 4. The molecule has 1 fully saturated rings. The van der Waals surface area contributed by atoms with Crippen LogP contribution in [0.5, 0.6) is 0 Å². The molecule has 1 rings (SSSR count). The Balaban J connectivity index is 2.71. The number of hydrogen-bond donors (Lipinski definition) is 1. The summed E-state index contributed by atoms with van der Waals surface area (Å²) in [5.41, 5.74) is 0. The van der Waals surface area contributed by atoms with Crippen molar-refractivity contribution in [3.05, 3.63) is 0 Å². The van der Waals surface area contributed by atoms with Crippen molar-refractivity contribution in [1.82, 2.24) is 4.31 Å². The lowest BCUT2D eigenvalue weighted by molar-refractivity contribution is -0.131. The Bertz CT molecular complexity index is 182. The van der Waals surface area contributed by atoms with Crippen molar-refractivity contribution in [3.8, 4) is 0 Å². The van der Waals surface area contributed by atoms with Crippen LogP contribution in [0.25, 0.3) is 0 Å². The summed E-state index contributed by atoms with van der Waals surface area (Å²) in [5, 5.41) is -0.204. The van der Waals surface area contributed by atoms with Crippen LogP contribution in [-0.2, 0) is 9.59 Å². The third-order valence-corrected chi connectivity index (χ3v) is 2.72. The smallest absolute Gasteiger partial charge is 0.252 e. The predicted octanol–water partition coefficient (Wildman–Crippen LogP) is 0.322. The van der Waals surface area contributed by atoms with Crippen LogP contribution in [0.1, 0.15) is 6.42 Å². The van der Waals surface area contributed by atoms with Gasteiger partial charge in [-0.2, -0.15) is 11.8 Å². The average molecular weight is 177 g/mol. The van der Waals surface area contributed by atoms with E-state index < -0.39 is 0 Å². The molecule has 1 aliphatic heterocycles. The van der Waals surface area contributed by atoms with Crippen molar-refractivity contribution < 1.29 is 9.59 Å². The second-order valence-electron chi connectivity index (χ2n) is 1.97. The number of rotatable bonds is 1. The van der Waals surface area contributed by atoms with E-state index in [0.717, 1.165) is 4.31 Å². The van der Waals surface area contributed by atoms with Crippen molar-refractivity contribution in [3.63, 3.8) is 0 Å². The fourth-order valence-electron chi connectivity index (χ4n) is 0.776. The van der Waals surface area contributed by atoms with Gasteiger partial charge in [-0.3, -0.25) is 9.59 Å². The Morgan fingerprint density at radius 2 is 2.30 bits per heavy atom. The number of carbonyl (C=O) groups is 2.